The number of hydrogen-bond donors (Lipinski definition) is 1. The average Bonchev–Trinajstić information content (AvgIpc) is 2.83. The van der Waals surface area contributed by atoms with Gasteiger partial charge in [-0.2, -0.15) is 0 Å². The molecule has 1 N–H and O–H groups in total. The second-order valence-electron chi connectivity index (χ2n) is 9.40. The Balaban J connectivity index is 1.66. The van der Waals surface area contributed by atoms with Gasteiger partial charge in [0.15, 0.2) is 0 Å². The van der Waals surface area contributed by atoms with Crippen molar-refractivity contribution < 1.29 is 9.84 Å². The number of aliphatic hydroxyl groups excluding tert-OH is 1. The van der Waals surface area contributed by atoms with Crippen molar-refractivity contribution in [3.8, 4) is 0 Å². The number of aliphatic hydroxyl groups is 1. The van der Waals surface area contributed by atoms with Crippen LogP contribution in [0.3, 0.4) is 0 Å². The van der Waals surface area contributed by atoms with Gasteiger partial charge >= 0.3 is 0 Å². The van der Waals surface area contributed by atoms with Crippen molar-refractivity contribution in [3.05, 3.63) is 23.0 Å². The van der Waals surface area contributed by atoms with E-state index in [2.05, 4.69) is 26.8 Å². The van der Waals surface area contributed by atoms with Crippen LogP contribution in [0.2, 0.25) is 0 Å². The molecule has 0 aromatic heterocycles. The van der Waals surface area contributed by atoms with Crippen molar-refractivity contribution in [2.24, 2.45) is 40.9 Å². The van der Waals surface area contributed by atoms with E-state index in [1.165, 1.54) is 31.4 Å². The van der Waals surface area contributed by atoms with Crippen molar-refractivity contribution in [1.82, 2.24) is 0 Å². The Bertz CT molecular complexity index is 575. The molecule has 2 nitrogen and oxygen atoms in total. The van der Waals surface area contributed by atoms with Crippen LogP contribution in [0, 0.1) is 40.9 Å². The molecule has 134 valence electrons. The molecule has 0 heterocycles. The van der Waals surface area contributed by atoms with Gasteiger partial charge in [-0.1, -0.05) is 31.9 Å². The Kier molecular flexibility index (Phi) is 4.10. The van der Waals surface area contributed by atoms with Crippen LogP contribution in [0.4, 0.5) is 0 Å². The van der Waals surface area contributed by atoms with E-state index in [0.29, 0.717) is 23.9 Å². The Morgan fingerprint density at radius 3 is 2.79 bits per heavy atom. The first-order valence-corrected chi connectivity index (χ1v) is 10.0. The summed E-state index contributed by atoms with van der Waals surface area (Å²) in [5.41, 5.74) is 3.82. The summed E-state index contributed by atoms with van der Waals surface area (Å²) in [6.07, 6.45) is 9.73. The minimum absolute atomic E-state index is 0.365. The predicted molar refractivity (Wildman–Crippen MR) is 97.3 cm³/mol. The third-order valence-electron chi connectivity index (χ3n) is 8.45. The third-order valence-corrected chi connectivity index (χ3v) is 8.45. The lowest BCUT2D eigenvalue weighted by molar-refractivity contribution is -0.0239. The van der Waals surface area contributed by atoms with Crippen LogP contribution < -0.4 is 0 Å². The van der Waals surface area contributed by atoms with E-state index < -0.39 is 0 Å². The number of fused-ring (bicyclic) bond motifs is 4. The Morgan fingerprint density at radius 1 is 1.29 bits per heavy atom. The van der Waals surface area contributed by atoms with Crippen LogP contribution in [0.15, 0.2) is 23.0 Å². The van der Waals surface area contributed by atoms with Gasteiger partial charge in [0.05, 0.1) is 12.9 Å². The molecule has 2 fully saturated rings. The number of methoxy groups -OCH3 is 1. The molecule has 24 heavy (non-hydrogen) atoms. The standard InChI is InChI=1S/C22H34O2/c1-13-10-19-21-14(2)9-15-11-16(24-4)5-6-17(15)18(21)7-8-22(19,3)20(13)12-23/h5,13-14,18-21,23H,6-12H2,1-4H3/t13-,14-,18-,19-,20-,21-,22+/m1/s1. The van der Waals surface area contributed by atoms with Crippen molar-refractivity contribution in [2.75, 3.05) is 13.7 Å². The zero-order chi connectivity index (χ0) is 17.1. The van der Waals surface area contributed by atoms with Crippen LogP contribution >= 0.6 is 0 Å². The zero-order valence-corrected chi connectivity index (χ0v) is 15.8. The Morgan fingerprint density at radius 2 is 2.08 bits per heavy atom. The monoisotopic (exact) mass is 330 g/mol. The van der Waals surface area contributed by atoms with Crippen molar-refractivity contribution in [1.29, 1.82) is 0 Å². The molecule has 0 aromatic rings. The highest BCUT2D eigenvalue weighted by atomic mass is 16.5. The molecule has 0 amide bonds. The summed E-state index contributed by atoms with van der Waals surface area (Å²) < 4.78 is 5.54. The first-order valence-electron chi connectivity index (χ1n) is 10.0. The van der Waals surface area contributed by atoms with E-state index in [4.69, 9.17) is 4.74 Å². The lowest BCUT2D eigenvalue weighted by Gasteiger charge is -2.54. The van der Waals surface area contributed by atoms with Gasteiger partial charge in [0.1, 0.15) is 0 Å². The topological polar surface area (TPSA) is 29.5 Å². The number of allylic oxidation sites excluding steroid dienone is 3. The maximum absolute atomic E-state index is 10.0. The van der Waals surface area contributed by atoms with Gasteiger partial charge < -0.3 is 9.84 Å². The summed E-state index contributed by atoms with van der Waals surface area (Å²) in [7, 11) is 1.81. The molecule has 0 spiro atoms. The van der Waals surface area contributed by atoms with Crippen molar-refractivity contribution in [2.45, 2.75) is 59.3 Å². The van der Waals surface area contributed by atoms with Gasteiger partial charge in [0, 0.05) is 13.0 Å². The molecule has 4 rings (SSSR count). The van der Waals surface area contributed by atoms with Crippen molar-refractivity contribution in [3.63, 3.8) is 0 Å². The number of hydrogen-bond acceptors (Lipinski definition) is 2. The lowest BCUT2D eigenvalue weighted by atomic mass is 9.51. The summed E-state index contributed by atoms with van der Waals surface area (Å²) in [5.74, 6) is 5.57. The minimum atomic E-state index is 0.365. The van der Waals surface area contributed by atoms with Crippen LogP contribution in [-0.4, -0.2) is 18.8 Å². The molecule has 0 aromatic carbocycles. The minimum Gasteiger partial charge on any atom is -0.501 e. The first kappa shape index (κ1) is 16.7. The second kappa shape index (κ2) is 5.90. The smallest absolute Gasteiger partial charge is 0.0959 e. The molecular formula is C22H34O2. The maximum atomic E-state index is 10.0. The van der Waals surface area contributed by atoms with Gasteiger partial charge in [-0.15, -0.1) is 0 Å². The largest absolute Gasteiger partial charge is 0.501 e. The van der Waals surface area contributed by atoms with E-state index in [0.717, 1.165) is 36.5 Å². The fraction of sp³-hybridized carbons (Fsp3) is 0.818. The van der Waals surface area contributed by atoms with Crippen LogP contribution in [0.1, 0.15) is 59.3 Å². The Labute approximate surface area is 147 Å². The van der Waals surface area contributed by atoms with E-state index in [9.17, 15) is 5.11 Å². The predicted octanol–water partition coefficient (Wildman–Crippen LogP) is 4.94. The molecule has 7 atom stereocenters. The van der Waals surface area contributed by atoms with E-state index >= 15 is 0 Å². The van der Waals surface area contributed by atoms with E-state index in [1.54, 1.807) is 11.1 Å². The van der Waals surface area contributed by atoms with Gasteiger partial charge in [0.2, 0.25) is 0 Å². The van der Waals surface area contributed by atoms with Crippen LogP contribution in [0.5, 0.6) is 0 Å². The quantitative estimate of drug-likeness (QED) is 0.726. The van der Waals surface area contributed by atoms with Crippen LogP contribution in [-0.2, 0) is 4.74 Å². The summed E-state index contributed by atoms with van der Waals surface area (Å²) in [6.45, 7) is 7.76. The van der Waals surface area contributed by atoms with E-state index in [-0.39, 0.29) is 0 Å². The van der Waals surface area contributed by atoms with Gasteiger partial charge in [-0.05, 0) is 79.1 Å². The van der Waals surface area contributed by atoms with Gasteiger partial charge in [-0.3, -0.25) is 0 Å². The van der Waals surface area contributed by atoms with Gasteiger partial charge in [0.25, 0.3) is 0 Å². The maximum Gasteiger partial charge on any atom is 0.0959 e. The van der Waals surface area contributed by atoms with Crippen molar-refractivity contribution >= 4 is 0 Å². The first-order chi connectivity index (χ1) is 11.5. The highest BCUT2D eigenvalue weighted by Crippen LogP contribution is 2.65. The van der Waals surface area contributed by atoms with Crippen LogP contribution in [0.25, 0.3) is 0 Å². The molecule has 2 heteroatoms. The summed E-state index contributed by atoms with van der Waals surface area (Å²) in [6, 6.07) is 0. The normalized spacial score (nSPS) is 47.6. The highest BCUT2D eigenvalue weighted by molar-refractivity contribution is 5.33. The molecule has 2 saturated carbocycles. The fourth-order valence-corrected chi connectivity index (χ4v) is 7.32. The van der Waals surface area contributed by atoms with E-state index in [1.807, 2.05) is 7.11 Å². The molecule has 0 aliphatic heterocycles. The SMILES string of the molecule is COC1=CCC2=C(C1)C[C@@H](C)[C@@H]1[C@@H]2CC[C@@]2(C)[C@@H]1C[C@@H](C)[C@H]2CO. The number of rotatable bonds is 2. The fourth-order valence-electron chi connectivity index (χ4n) is 7.32. The van der Waals surface area contributed by atoms with Gasteiger partial charge in [-0.25, -0.2) is 0 Å². The average molecular weight is 331 g/mol. The molecule has 4 aliphatic carbocycles. The number of ether oxygens (including phenoxy) is 1. The molecule has 0 bridgehead atoms. The lowest BCUT2D eigenvalue weighted by Crippen LogP contribution is -2.47. The summed E-state index contributed by atoms with van der Waals surface area (Å²) in [4.78, 5) is 0. The summed E-state index contributed by atoms with van der Waals surface area (Å²) >= 11 is 0. The molecule has 4 aliphatic rings. The second-order valence-corrected chi connectivity index (χ2v) is 9.40. The Hall–Kier alpha value is -0.760. The third kappa shape index (κ3) is 2.25. The summed E-state index contributed by atoms with van der Waals surface area (Å²) in [5, 5.41) is 10.0. The zero-order valence-electron chi connectivity index (χ0n) is 15.8. The molecule has 0 unspecified atom stereocenters. The molecule has 0 saturated heterocycles. The molecule has 0 radical (unpaired) electrons. The molecular weight excluding hydrogens is 296 g/mol. The highest BCUT2D eigenvalue weighted by Gasteiger charge is 2.58.